The van der Waals surface area contributed by atoms with Crippen LogP contribution in [0.4, 0.5) is 17.3 Å². The molecule has 0 unspecified atom stereocenters. The minimum atomic E-state index is -4.29. The van der Waals surface area contributed by atoms with E-state index in [1.54, 1.807) is 13.0 Å². The second-order valence-corrected chi connectivity index (χ2v) is 8.59. The molecule has 1 aromatic carbocycles. The number of rotatable bonds is 7. The number of nitro groups is 2. The first-order valence-electron chi connectivity index (χ1n) is 9.19. The van der Waals surface area contributed by atoms with Gasteiger partial charge in [-0.1, -0.05) is 0 Å². The van der Waals surface area contributed by atoms with Gasteiger partial charge in [0.2, 0.25) is 16.0 Å². The molecule has 0 bridgehead atoms. The van der Waals surface area contributed by atoms with Crippen LogP contribution in [-0.4, -0.2) is 54.5 Å². The molecule has 2 aromatic rings. The van der Waals surface area contributed by atoms with Crippen LogP contribution in [0.2, 0.25) is 0 Å². The van der Waals surface area contributed by atoms with E-state index in [1.165, 1.54) is 6.92 Å². The van der Waals surface area contributed by atoms with Crippen molar-refractivity contribution in [1.29, 1.82) is 0 Å². The number of anilines is 1. The molecule has 0 atom stereocenters. The fraction of sp³-hybridized carbons (Fsp3) is 0.412. The highest BCUT2D eigenvalue weighted by Crippen LogP contribution is 2.31. The van der Waals surface area contributed by atoms with Crippen molar-refractivity contribution in [2.75, 3.05) is 31.2 Å². The molecule has 0 aliphatic carbocycles. The van der Waals surface area contributed by atoms with Gasteiger partial charge in [-0.25, -0.2) is 23.1 Å². The molecule has 166 valence electrons. The smallest absolute Gasteiger partial charge is 0.280 e. The predicted molar refractivity (Wildman–Crippen MR) is 108 cm³/mol. The maximum Gasteiger partial charge on any atom is 0.280 e. The zero-order chi connectivity index (χ0) is 22.8. The van der Waals surface area contributed by atoms with E-state index in [1.807, 2.05) is 4.90 Å². The lowest BCUT2D eigenvalue weighted by Gasteiger charge is -2.27. The molecular formula is C17H20N6O7S. The normalized spacial score (nSPS) is 14.5. The van der Waals surface area contributed by atoms with E-state index >= 15 is 0 Å². The number of hydrogen-bond donors (Lipinski definition) is 1. The van der Waals surface area contributed by atoms with Crippen LogP contribution in [-0.2, 0) is 21.3 Å². The average Bonchev–Trinajstić information content (AvgIpc) is 2.72. The summed E-state index contributed by atoms with van der Waals surface area (Å²) in [5.74, 6) is 0.444. The van der Waals surface area contributed by atoms with Gasteiger partial charge in [-0.3, -0.25) is 20.2 Å². The van der Waals surface area contributed by atoms with E-state index in [0.29, 0.717) is 43.6 Å². The van der Waals surface area contributed by atoms with Gasteiger partial charge in [0, 0.05) is 30.9 Å². The SMILES string of the molecule is Cc1cc(CNS(=O)(=O)c2cc([N+](=O)[O-])c(C)c([N+](=O)[O-])c2)nc(N2CCOCC2)n1. The summed E-state index contributed by atoms with van der Waals surface area (Å²) in [5.41, 5.74) is -0.513. The first-order valence-corrected chi connectivity index (χ1v) is 10.7. The summed E-state index contributed by atoms with van der Waals surface area (Å²) < 4.78 is 33.0. The molecule has 0 saturated carbocycles. The third-order valence-corrected chi connectivity index (χ3v) is 6.04. The van der Waals surface area contributed by atoms with Gasteiger partial charge < -0.3 is 9.64 Å². The van der Waals surface area contributed by atoms with E-state index in [2.05, 4.69) is 14.7 Å². The summed E-state index contributed by atoms with van der Waals surface area (Å²) in [5, 5.41) is 22.4. The Morgan fingerprint density at radius 3 is 2.19 bits per heavy atom. The molecule has 1 aliphatic rings. The lowest BCUT2D eigenvalue weighted by Crippen LogP contribution is -2.37. The Morgan fingerprint density at radius 1 is 1.06 bits per heavy atom. The summed E-state index contributed by atoms with van der Waals surface area (Å²) in [4.78, 5) is 30.8. The summed E-state index contributed by atoms with van der Waals surface area (Å²) in [6, 6.07) is 3.20. The topological polar surface area (TPSA) is 171 Å². The molecule has 0 spiro atoms. The third-order valence-electron chi connectivity index (χ3n) is 4.66. The fourth-order valence-electron chi connectivity index (χ4n) is 3.06. The van der Waals surface area contributed by atoms with Crippen molar-refractivity contribution in [2.45, 2.75) is 25.3 Å². The Kier molecular flexibility index (Phi) is 6.42. The minimum absolute atomic E-state index is 0.224. The molecule has 1 N–H and O–H groups in total. The summed E-state index contributed by atoms with van der Waals surface area (Å²) in [7, 11) is -4.29. The van der Waals surface area contributed by atoms with Crippen LogP contribution in [0.5, 0.6) is 0 Å². The van der Waals surface area contributed by atoms with E-state index in [-0.39, 0.29) is 12.1 Å². The first kappa shape index (κ1) is 22.5. The van der Waals surface area contributed by atoms with Crippen LogP contribution in [0.25, 0.3) is 0 Å². The molecule has 31 heavy (non-hydrogen) atoms. The standard InChI is InChI=1S/C17H20N6O7S/c1-11-7-13(20-17(19-11)21-3-5-30-6-4-21)10-18-31(28,29)14-8-15(22(24)25)12(2)16(9-14)23(26)27/h7-9,18H,3-6,10H2,1-2H3. The van der Waals surface area contributed by atoms with Gasteiger partial charge in [0.25, 0.3) is 11.4 Å². The van der Waals surface area contributed by atoms with Crippen molar-refractivity contribution < 1.29 is 23.0 Å². The fourth-order valence-corrected chi connectivity index (χ4v) is 4.10. The summed E-state index contributed by atoms with van der Waals surface area (Å²) in [6.45, 7) is 4.98. The van der Waals surface area contributed by atoms with Crippen LogP contribution in [0.15, 0.2) is 23.1 Å². The molecular weight excluding hydrogens is 432 g/mol. The number of aromatic nitrogens is 2. The Bertz CT molecular complexity index is 1100. The number of nitrogens with zero attached hydrogens (tertiary/aromatic N) is 5. The highest BCUT2D eigenvalue weighted by molar-refractivity contribution is 7.89. The monoisotopic (exact) mass is 452 g/mol. The molecule has 14 heteroatoms. The van der Waals surface area contributed by atoms with Gasteiger partial charge in [0.1, 0.15) is 5.56 Å². The van der Waals surface area contributed by atoms with E-state index in [9.17, 15) is 28.6 Å². The molecule has 1 aromatic heterocycles. The Labute approximate surface area is 177 Å². The van der Waals surface area contributed by atoms with Gasteiger partial charge >= 0.3 is 0 Å². The highest BCUT2D eigenvalue weighted by atomic mass is 32.2. The minimum Gasteiger partial charge on any atom is -0.378 e. The van der Waals surface area contributed by atoms with Crippen molar-refractivity contribution in [3.63, 3.8) is 0 Å². The number of ether oxygens (including phenoxy) is 1. The number of nitrogens with one attached hydrogen (secondary N) is 1. The van der Waals surface area contributed by atoms with Crippen molar-refractivity contribution >= 4 is 27.3 Å². The molecule has 1 saturated heterocycles. The van der Waals surface area contributed by atoms with E-state index < -0.39 is 36.1 Å². The second kappa shape index (κ2) is 8.87. The summed E-state index contributed by atoms with van der Waals surface area (Å²) in [6.07, 6.45) is 0. The number of nitro benzene ring substituents is 2. The van der Waals surface area contributed by atoms with Gasteiger partial charge in [-0.2, -0.15) is 0 Å². The van der Waals surface area contributed by atoms with Crippen molar-refractivity contribution in [1.82, 2.24) is 14.7 Å². The molecule has 0 amide bonds. The van der Waals surface area contributed by atoms with Gasteiger partial charge in [-0.15, -0.1) is 0 Å². The molecule has 13 nitrogen and oxygen atoms in total. The molecule has 0 radical (unpaired) electrons. The lowest BCUT2D eigenvalue weighted by molar-refractivity contribution is -0.395. The number of sulfonamides is 1. The first-order chi connectivity index (χ1) is 14.6. The zero-order valence-electron chi connectivity index (χ0n) is 16.8. The summed E-state index contributed by atoms with van der Waals surface area (Å²) >= 11 is 0. The maximum atomic E-state index is 12.7. The highest BCUT2D eigenvalue weighted by Gasteiger charge is 2.28. The number of morpholine rings is 1. The van der Waals surface area contributed by atoms with Crippen LogP contribution in [0, 0.1) is 34.1 Å². The van der Waals surface area contributed by atoms with Crippen molar-refractivity contribution in [2.24, 2.45) is 0 Å². The van der Waals surface area contributed by atoms with Crippen LogP contribution in [0.1, 0.15) is 17.0 Å². The third kappa shape index (κ3) is 5.10. The van der Waals surface area contributed by atoms with Crippen LogP contribution < -0.4 is 9.62 Å². The molecule has 3 rings (SSSR count). The zero-order valence-corrected chi connectivity index (χ0v) is 17.6. The lowest BCUT2D eigenvalue weighted by atomic mass is 10.1. The quantitative estimate of drug-likeness (QED) is 0.476. The van der Waals surface area contributed by atoms with Crippen LogP contribution in [0.3, 0.4) is 0 Å². The van der Waals surface area contributed by atoms with Gasteiger partial charge in [0.15, 0.2) is 0 Å². The van der Waals surface area contributed by atoms with Crippen LogP contribution >= 0.6 is 0 Å². The molecule has 2 heterocycles. The number of hydrogen-bond acceptors (Lipinski definition) is 10. The maximum absolute atomic E-state index is 12.7. The largest absolute Gasteiger partial charge is 0.378 e. The van der Waals surface area contributed by atoms with E-state index in [0.717, 1.165) is 12.1 Å². The number of benzene rings is 1. The van der Waals surface area contributed by atoms with Crippen molar-refractivity contribution in [3.05, 3.63) is 55.4 Å². The molecule has 1 aliphatic heterocycles. The Balaban J connectivity index is 1.87. The van der Waals surface area contributed by atoms with Crippen molar-refractivity contribution in [3.8, 4) is 0 Å². The average molecular weight is 452 g/mol. The van der Waals surface area contributed by atoms with E-state index in [4.69, 9.17) is 4.74 Å². The Morgan fingerprint density at radius 2 is 1.65 bits per heavy atom. The van der Waals surface area contributed by atoms with Gasteiger partial charge in [0.05, 0.1) is 40.2 Å². The molecule has 1 fully saturated rings. The van der Waals surface area contributed by atoms with Gasteiger partial charge in [-0.05, 0) is 19.9 Å². The Hall–Kier alpha value is -3.23. The number of aryl methyl sites for hydroxylation is 1. The predicted octanol–water partition coefficient (Wildman–Crippen LogP) is 1.22. The second-order valence-electron chi connectivity index (χ2n) is 6.83.